The lowest BCUT2D eigenvalue weighted by atomic mass is 10.2. The monoisotopic (exact) mass is 471 g/mol. The highest BCUT2D eigenvalue weighted by Gasteiger charge is 2.21. The Hall–Kier alpha value is -3.19. The van der Waals surface area contributed by atoms with Crippen molar-refractivity contribution in [3.63, 3.8) is 0 Å². The molecule has 176 valence electrons. The zero-order valence-electron chi connectivity index (χ0n) is 19.2. The number of carbonyl (C=O) groups is 2. The number of rotatable bonds is 8. The largest absolute Gasteiger partial charge is 0.493 e. The molecular weight excluding hydrogens is 442 g/mol. The summed E-state index contributed by atoms with van der Waals surface area (Å²) in [5, 5.41) is 3.37. The van der Waals surface area contributed by atoms with Gasteiger partial charge in [0.2, 0.25) is 11.8 Å². The van der Waals surface area contributed by atoms with E-state index in [0.29, 0.717) is 29.6 Å². The summed E-state index contributed by atoms with van der Waals surface area (Å²) in [6.07, 6.45) is 3.11. The van der Waals surface area contributed by atoms with Crippen LogP contribution >= 0.6 is 11.6 Å². The summed E-state index contributed by atoms with van der Waals surface area (Å²) >= 11 is 5.95. The van der Waals surface area contributed by atoms with Gasteiger partial charge in [-0.2, -0.15) is 0 Å². The van der Waals surface area contributed by atoms with Crippen LogP contribution in [-0.2, 0) is 9.59 Å². The molecule has 8 heteroatoms. The molecule has 3 rings (SSSR count). The number of ether oxygens (including phenoxy) is 2. The lowest BCUT2D eigenvalue weighted by Gasteiger charge is -2.36. The van der Waals surface area contributed by atoms with Gasteiger partial charge in [-0.3, -0.25) is 9.59 Å². The number of carbonyl (C=O) groups excluding carboxylic acids is 2. The van der Waals surface area contributed by atoms with Crippen LogP contribution in [0.15, 0.2) is 48.5 Å². The minimum atomic E-state index is -0.329. The number of nitrogens with zero attached hydrogens (tertiary/aromatic N) is 2. The zero-order valence-corrected chi connectivity index (χ0v) is 20.0. The van der Waals surface area contributed by atoms with Gasteiger partial charge >= 0.3 is 0 Å². The Morgan fingerprint density at radius 1 is 1.06 bits per heavy atom. The van der Waals surface area contributed by atoms with E-state index in [2.05, 4.69) is 10.2 Å². The van der Waals surface area contributed by atoms with Crippen LogP contribution in [0.1, 0.15) is 19.4 Å². The third kappa shape index (κ3) is 7.15. The molecule has 1 fully saturated rings. The number of halogens is 1. The number of methoxy groups -OCH3 is 1. The molecule has 0 radical (unpaired) electrons. The first-order valence-corrected chi connectivity index (χ1v) is 11.3. The summed E-state index contributed by atoms with van der Waals surface area (Å²) < 4.78 is 11.1. The van der Waals surface area contributed by atoms with Crippen LogP contribution in [0.5, 0.6) is 11.5 Å². The minimum absolute atomic E-state index is 0.0315. The first-order valence-electron chi connectivity index (χ1n) is 10.9. The van der Waals surface area contributed by atoms with Crippen molar-refractivity contribution in [1.29, 1.82) is 0 Å². The summed E-state index contributed by atoms with van der Waals surface area (Å²) in [6, 6.07) is 13.1. The van der Waals surface area contributed by atoms with E-state index in [1.54, 1.807) is 24.2 Å². The fourth-order valence-electron chi connectivity index (χ4n) is 3.51. The third-order valence-electron chi connectivity index (χ3n) is 5.22. The van der Waals surface area contributed by atoms with Crippen molar-refractivity contribution >= 4 is 35.2 Å². The van der Waals surface area contributed by atoms with Crippen LogP contribution < -0.4 is 19.7 Å². The van der Waals surface area contributed by atoms with Crippen LogP contribution in [0.3, 0.4) is 0 Å². The topological polar surface area (TPSA) is 71.1 Å². The zero-order chi connectivity index (χ0) is 23.8. The number of nitrogens with one attached hydrogen (secondary N) is 1. The van der Waals surface area contributed by atoms with Crippen LogP contribution in [0.25, 0.3) is 6.08 Å². The van der Waals surface area contributed by atoms with Crippen molar-refractivity contribution in [2.75, 3.05) is 44.7 Å². The molecule has 1 saturated heterocycles. The molecule has 2 aromatic carbocycles. The number of amides is 2. The Morgan fingerprint density at radius 3 is 2.39 bits per heavy atom. The van der Waals surface area contributed by atoms with E-state index in [-0.39, 0.29) is 24.5 Å². The van der Waals surface area contributed by atoms with Crippen LogP contribution in [0, 0.1) is 0 Å². The molecular formula is C25H30ClN3O4. The second-order valence-corrected chi connectivity index (χ2v) is 8.41. The summed E-state index contributed by atoms with van der Waals surface area (Å²) in [4.78, 5) is 28.7. The lowest BCUT2D eigenvalue weighted by molar-refractivity contribution is -0.132. The smallest absolute Gasteiger partial charge is 0.244 e. The van der Waals surface area contributed by atoms with E-state index in [4.69, 9.17) is 21.1 Å². The fraction of sp³-hybridized carbons (Fsp3) is 0.360. The van der Waals surface area contributed by atoms with Gasteiger partial charge in [0.15, 0.2) is 11.5 Å². The first kappa shape index (κ1) is 24.5. The molecule has 0 aliphatic carbocycles. The maximum Gasteiger partial charge on any atom is 0.244 e. The summed E-state index contributed by atoms with van der Waals surface area (Å²) in [5.74, 6) is 0.823. The Kier molecular flexibility index (Phi) is 8.60. The molecule has 2 aromatic rings. The normalized spacial score (nSPS) is 14.0. The molecule has 0 atom stereocenters. The number of piperazine rings is 1. The van der Waals surface area contributed by atoms with E-state index in [9.17, 15) is 9.59 Å². The van der Waals surface area contributed by atoms with Crippen molar-refractivity contribution in [3.05, 3.63) is 59.1 Å². The number of benzene rings is 2. The van der Waals surface area contributed by atoms with Gasteiger partial charge in [-0.05, 0) is 61.9 Å². The Labute approximate surface area is 199 Å². The standard InChI is InChI=1S/C25H30ClN3O4/c1-18(2)33-22-10-4-19(16-23(22)32-3)5-11-24(30)27-17-25(31)29-14-12-28(13-15-29)21-8-6-20(26)7-9-21/h4-11,16,18H,12-15,17H2,1-3H3,(H,27,30)/b11-5+. The van der Waals surface area contributed by atoms with Crippen molar-refractivity contribution in [2.24, 2.45) is 0 Å². The molecule has 1 aliphatic rings. The molecule has 0 aromatic heterocycles. The van der Waals surface area contributed by atoms with E-state index >= 15 is 0 Å². The Bertz CT molecular complexity index is 984. The van der Waals surface area contributed by atoms with Gasteiger partial charge in [0.05, 0.1) is 19.8 Å². The third-order valence-corrected chi connectivity index (χ3v) is 5.47. The van der Waals surface area contributed by atoms with Crippen LogP contribution in [0.2, 0.25) is 5.02 Å². The number of hydrogen-bond acceptors (Lipinski definition) is 5. The molecule has 0 bridgehead atoms. The Morgan fingerprint density at radius 2 is 1.76 bits per heavy atom. The van der Waals surface area contributed by atoms with Crippen molar-refractivity contribution in [3.8, 4) is 11.5 Å². The molecule has 2 amide bonds. The van der Waals surface area contributed by atoms with E-state index in [1.165, 1.54) is 6.08 Å². The SMILES string of the molecule is COc1cc(/C=C/C(=O)NCC(=O)N2CCN(c3ccc(Cl)cc3)CC2)ccc1OC(C)C. The summed E-state index contributed by atoms with van der Waals surface area (Å²) in [5.41, 5.74) is 1.88. The fourth-order valence-corrected chi connectivity index (χ4v) is 3.64. The van der Waals surface area contributed by atoms with Gasteiger partial charge in [0, 0.05) is 43.0 Å². The molecule has 0 unspecified atom stereocenters. The molecule has 7 nitrogen and oxygen atoms in total. The molecule has 0 spiro atoms. The van der Waals surface area contributed by atoms with Gasteiger partial charge in [-0.1, -0.05) is 17.7 Å². The predicted molar refractivity (Wildman–Crippen MR) is 131 cm³/mol. The average molecular weight is 472 g/mol. The molecule has 1 N–H and O–H groups in total. The second kappa shape index (κ2) is 11.6. The van der Waals surface area contributed by atoms with Gasteiger partial charge in [-0.25, -0.2) is 0 Å². The van der Waals surface area contributed by atoms with E-state index in [1.807, 2.05) is 50.2 Å². The Balaban J connectivity index is 1.45. The van der Waals surface area contributed by atoms with Crippen LogP contribution in [-0.4, -0.2) is 62.7 Å². The summed E-state index contributed by atoms with van der Waals surface area (Å²) in [7, 11) is 1.57. The molecule has 33 heavy (non-hydrogen) atoms. The maximum absolute atomic E-state index is 12.5. The minimum Gasteiger partial charge on any atom is -0.493 e. The van der Waals surface area contributed by atoms with E-state index < -0.39 is 0 Å². The molecule has 1 heterocycles. The first-order chi connectivity index (χ1) is 15.9. The van der Waals surface area contributed by atoms with E-state index in [0.717, 1.165) is 24.3 Å². The van der Waals surface area contributed by atoms with Crippen LogP contribution in [0.4, 0.5) is 5.69 Å². The van der Waals surface area contributed by atoms with Crippen molar-refractivity contribution in [1.82, 2.24) is 10.2 Å². The highest BCUT2D eigenvalue weighted by molar-refractivity contribution is 6.30. The number of hydrogen-bond donors (Lipinski definition) is 1. The van der Waals surface area contributed by atoms with Crippen molar-refractivity contribution < 1.29 is 19.1 Å². The quantitative estimate of drug-likeness (QED) is 0.595. The van der Waals surface area contributed by atoms with Gasteiger partial charge in [-0.15, -0.1) is 0 Å². The molecule has 0 saturated carbocycles. The molecule has 1 aliphatic heterocycles. The van der Waals surface area contributed by atoms with Gasteiger partial charge in [0.25, 0.3) is 0 Å². The predicted octanol–water partition coefficient (Wildman–Crippen LogP) is 3.61. The highest BCUT2D eigenvalue weighted by atomic mass is 35.5. The van der Waals surface area contributed by atoms with Gasteiger partial charge in [0.1, 0.15) is 0 Å². The maximum atomic E-state index is 12.5. The highest BCUT2D eigenvalue weighted by Crippen LogP contribution is 2.29. The van der Waals surface area contributed by atoms with Crippen molar-refractivity contribution in [2.45, 2.75) is 20.0 Å². The summed E-state index contributed by atoms with van der Waals surface area (Å²) in [6.45, 7) is 6.54. The average Bonchev–Trinajstić information content (AvgIpc) is 2.82. The lowest BCUT2D eigenvalue weighted by Crippen LogP contribution is -2.51. The second-order valence-electron chi connectivity index (χ2n) is 7.97. The number of anilines is 1. The van der Waals surface area contributed by atoms with Gasteiger partial charge < -0.3 is 24.6 Å².